The largest absolute Gasteiger partial charge is 0.481 e. The molecule has 5 N–H and O–H groups in total. The van der Waals surface area contributed by atoms with Crippen LogP contribution in [0.3, 0.4) is 0 Å². The number of hydrogen-bond acceptors (Lipinski definition) is 5. The Bertz CT molecular complexity index is 930. The van der Waals surface area contributed by atoms with Crippen LogP contribution in [0.2, 0.25) is 0 Å². The van der Waals surface area contributed by atoms with E-state index in [0.717, 1.165) is 16.5 Å². The molecule has 2 aromatic rings. The average molecular weight is 498 g/mol. The second-order valence-electron chi connectivity index (χ2n) is 7.39. The van der Waals surface area contributed by atoms with E-state index < -0.39 is 24.0 Å². The molecule has 170 valence electrons. The van der Waals surface area contributed by atoms with Gasteiger partial charge in [-0.3, -0.25) is 14.4 Å². The first-order valence-corrected chi connectivity index (χ1v) is 10.7. The van der Waals surface area contributed by atoms with E-state index in [-0.39, 0.29) is 29.4 Å². The van der Waals surface area contributed by atoms with Crippen molar-refractivity contribution < 1.29 is 29.4 Å². The number of carboxylic acids is 2. The third kappa shape index (κ3) is 6.90. The Morgan fingerprint density at radius 2 is 1.74 bits per heavy atom. The molecule has 10 heteroatoms. The van der Waals surface area contributed by atoms with E-state index >= 15 is 0 Å². The number of nitrogens with one attached hydrogen (secondary N) is 1. The van der Waals surface area contributed by atoms with Gasteiger partial charge in [-0.05, 0) is 24.5 Å². The fraction of sp³-hybridized carbons (Fsp3) is 0.429. The van der Waals surface area contributed by atoms with Crippen molar-refractivity contribution in [1.82, 2.24) is 9.88 Å². The van der Waals surface area contributed by atoms with Crippen LogP contribution in [-0.2, 0) is 21.4 Å². The SMILES string of the molecule is Cc1c(C(=O)N[C@H](C(=O)O)C(C)C)n(C)c2ccccc12.NC(CC(=O)O)C(=O)CBr. The second-order valence-corrected chi connectivity index (χ2v) is 7.95. The Morgan fingerprint density at radius 3 is 2.19 bits per heavy atom. The van der Waals surface area contributed by atoms with Gasteiger partial charge in [0.15, 0.2) is 5.78 Å². The number of Topliss-reactive ketones (excluding diaryl/α,β-unsaturated/α-hetero) is 1. The van der Waals surface area contributed by atoms with Crippen molar-refractivity contribution in [3.63, 3.8) is 0 Å². The molecule has 1 aromatic heterocycles. The minimum Gasteiger partial charge on any atom is -0.481 e. The molecule has 2 atom stereocenters. The summed E-state index contributed by atoms with van der Waals surface area (Å²) in [5.41, 5.74) is 7.49. The number of ketones is 1. The summed E-state index contributed by atoms with van der Waals surface area (Å²) in [6.45, 7) is 5.42. The molecule has 1 heterocycles. The summed E-state index contributed by atoms with van der Waals surface area (Å²) in [6.07, 6.45) is -0.301. The Labute approximate surface area is 188 Å². The zero-order valence-corrected chi connectivity index (χ0v) is 19.5. The molecule has 9 nitrogen and oxygen atoms in total. The number of carboxylic acid groups (broad SMARTS) is 2. The molecular weight excluding hydrogens is 470 g/mol. The molecule has 31 heavy (non-hydrogen) atoms. The molecule has 0 saturated heterocycles. The summed E-state index contributed by atoms with van der Waals surface area (Å²) < 4.78 is 1.80. The molecule has 0 spiro atoms. The lowest BCUT2D eigenvalue weighted by molar-refractivity contribution is -0.140. The predicted molar refractivity (Wildman–Crippen MR) is 120 cm³/mol. The van der Waals surface area contributed by atoms with Crippen molar-refractivity contribution in [2.24, 2.45) is 18.7 Å². The maximum absolute atomic E-state index is 12.5. The summed E-state index contributed by atoms with van der Waals surface area (Å²) in [6, 6.07) is 5.96. The molecule has 0 fully saturated rings. The van der Waals surface area contributed by atoms with Crippen molar-refractivity contribution in [3.8, 4) is 0 Å². The van der Waals surface area contributed by atoms with Gasteiger partial charge in [0.05, 0.1) is 17.8 Å². The standard InChI is InChI=1S/C16H20N2O3.C5H8BrNO3/c1-9(2)13(16(20)21)17-15(19)14-10(3)11-7-5-6-8-12(11)18(14)4;6-2-4(8)3(7)1-5(9)10/h5-9,13H,1-4H3,(H,17,19)(H,20,21);3H,1-2,7H2,(H,9,10)/t13-;/m0./s1. The average Bonchev–Trinajstić information content (AvgIpc) is 2.95. The minimum atomic E-state index is -1.05. The van der Waals surface area contributed by atoms with Crippen LogP contribution in [0.25, 0.3) is 10.9 Å². The quantitative estimate of drug-likeness (QED) is 0.407. The number of amides is 1. The number of halogens is 1. The van der Waals surface area contributed by atoms with Crippen molar-refractivity contribution >= 4 is 50.5 Å². The number of para-hydroxylation sites is 1. The molecule has 0 aliphatic carbocycles. The lowest BCUT2D eigenvalue weighted by atomic mass is 10.0. The van der Waals surface area contributed by atoms with Gasteiger partial charge in [-0.15, -0.1) is 0 Å². The molecule has 0 radical (unpaired) electrons. The summed E-state index contributed by atoms with van der Waals surface area (Å²) in [5, 5.41) is 21.1. The number of aryl methyl sites for hydroxylation is 2. The van der Waals surface area contributed by atoms with Crippen molar-refractivity contribution in [1.29, 1.82) is 0 Å². The van der Waals surface area contributed by atoms with E-state index in [1.54, 1.807) is 18.4 Å². The number of fused-ring (bicyclic) bond motifs is 1. The number of alkyl halides is 1. The molecule has 0 aliphatic heterocycles. The molecule has 1 aromatic carbocycles. The lowest BCUT2D eigenvalue weighted by Gasteiger charge is -2.18. The highest BCUT2D eigenvalue weighted by molar-refractivity contribution is 9.09. The Kier molecular flexibility index (Phi) is 9.86. The third-order valence-electron chi connectivity index (χ3n) is 4.73. The van der Waals surface area contributed by atoms with Gasteiger partial charge in [-0.25, -0.2) is 4.79 Å². The number of hydrogen-bond donors (Lipinski definition) is 4. The van der Waals surface area contributed by atoms with Gasteiger partial charge >= 0.3 is 11.9 Å². The van der Waals surface area contributed by atoms with Crippen LogP contribution in [0.5, 0.6) is 0 Å². The smallest absolute Gasteiger partial charge is 0.326 e. The van der Waals surface area contributed by atoms with E-state index in [9.17, 15) is 24.3 Å². The van der Waals surface area contributed by atoms with Gasteiger partial charge in [0.2, 0.25) is 0 Å². The van der Waals surface area contributed by atoms with E-state index in [4.69, 9.17) is 10.8 Å². The van der Waals surface area contributed by atoms with Crippen molar-refractivity contribution in [3.05, 3.63) is 35.5 Å². The van der Waals surface area contributed by atoms with E-state index in [0.29, 0.717) is 5.69 Å². The molecule has 0 saturated carbocycles. The first-order chi connectivity index (χ1) is 14.4. The predicted octanol–water partition coefficient (Wildman–Crippen LogP) is 2.08. The Balaban J connectivity index is 0.000000407. The van der Waals surface area contributed by atoms with Gasteiger partial charge in [-0.1, -0.05) is 48.0 Å². The highest BCUT2D eigenvalue weighted by atomic mass is 79.9. The number of nitrogens with two attached hydrogens (primary N) is 1. The molecule has 1 amide bonds. The number of carbonyl (C=O) groups excluding carboxylic acids is 2. The number of rotatable bonds is 8. The van der Waals surface area contributed by atoms with E-state index in [2.05, 4.69) is 21.2 Å². The highest BCUT2D eigenvalue weighted by Crippen LogP contribution is 2.24. The summed E-state index contributed by atoms with van der Waals surface area (Å²) >= 11 is 2.88. The maximum Gasteiger partial charge on any atom is 0.326 e. The normalized spacial score (nSPS) is 12.6. The summed E-state index contributed by atoms with van der Waals surface area (Å²) in [7, 11) is 1.81. The zero-order valence-electron chi connectivity index (χ0n) is 17.9. The topological polar surface area (TPSA) is 152 Å². The lowest BCUT2D eigenvalue weighted by Crippen LogP contribution is -2.44. The molecule has 0 aliphatic rings. The van der Waals surface area contributed by atoms with Crippen LogP contribution in [0, 0.1) is 12.8 Å². The highest BCUT2D eigenvalue weighted by Gasteiger charge is 2.26. The number of aromatic nitrogens is 1. The van der Waals surface area contributed by atoms with E-state index in [1.807, 2.05) is 38.2 Å². The van der Waals surface area contributed by atoms with Gasteiger partial charge in [0.1, 0.15) is 11.7 Å². The van der Waals surface area contributed by atoms with Crippen LogP contribution >= 0.6 is 15.9 Å². The Hall–Kier alpha value is -2.72. The van der Waals surface area contributed by atoms with Gasteiger partial charge in [0.25, 0.3) is 5.91 Å². The first-order valence-electron chi connectivity index (χ1n) is 9.56. The number of carbonyl (C=O) groups is 4. The van der Waals surface area contributed by atoms with Crippen molar-refractivity contribution in [2.75, 3.05) is 5.33 Å². The monoisotopic (exact) mass is 497 g/mol. The Morgan fingerprint density at radius 1 is 1.16 bits per heavy atom. The fourth-order valence-electron chi connectivity index (χ4n) is 3.03. The van der Waals surface area contributed by atoms with Crippen LogP contribution in [0.4, 0.5) is 0 Å². The zero-order chi connectivity index (χ0) is 23.9. The molecule has 1 unspecified atom stereocenters. The minimum absolute atomic E-state index is 0.113. The van der Waals surface area contributed by atoms with Gasteiger partial charge < -0.3 is 25.8 Å². The molecule has 2 rings (SSSR count). The van der Waals surface area contributed by atoms with Crippen LogP contribution in [0.15, 0.2) is 24.3 Å². The number of benzene rings is 1. The van der Waals surface area contributed by atoms with E-state index in [1.165, 1.54) is 0 Å². The van der Waals surface area contributed by atoms with Crippen LogP contribution < -0.4 is 11.1 Å². The number of nitrogens with zero attached hydrogens (tertiary/aromatic N) is 1. The van der Waals surface area contributed by atoms with Gasteiger partial charge in [0, 0.05) is 18.0 Å². The van der Waals surface area contributed by atoms with Crippen molar-refractivity contribution in [2.45, 2.75) is 39.3 Å². The van der Waals surface area contributed by atoms with Crippen LogP contribution in [-0.4, -0.2) is 55.8 Å². The molecular formula is C21H28BrN3O6. The molecule has 0 bridgehead atoms. The maximum atomic E-state index is 12.5. The van der Waals surface area contributed by atoms with Crippen LogP contribution in [0.1, 0.15) is 36.3 Å². The summed E-state index contributed by atoms with van der Waals surface area (Å²) in [4.78, 5) is 44.3. The second kappa shape index (κ2) is 11.6. The van der Waals surface area contributed by atoms with Gasteiger partial charge in [-0.2, -0.15) is 0 Å². The third-order valence-corrected chi connectivity index (χ3v) is 5.29. The number of aliphatic carboxylic acids is 2. The summed E-state index contributed by atoms with van der Waals surface area (Å²) in [5.74, 6) is -2.90. The first kappa shape index (κ1) is 26.3. The fourth-order valence-corrected chi connectivity index (χ4v) is 3.45.